The lowest BCUT2D eigenvalue weighted by Gasteiger charge is -2.26. The molecule has 1 fully saturated rings. The average Bonchev–Trinajstić information content (AvgIpc) is 3.01. The standard InChI is InChI=1S/C21H23N3O3S/c25-19(22-16-5-3-1-2-4-6-16)15-9-7-14(8-10-15)13-24-20(26)18-17(11-12-28-18)23-21(24)27/h7-12,16,18H,1-6,13H2,(H,22,25). The SMILES string of the molecule is O=C(NC1CCCCCC1)c1ccc(CN2C(=O)N=C3C=CSC3C2=O)cc1. The maximum atomic E-state index is 12.5. The number of imide groups is 1. The predicted molar refractivity (Wildman–Crippen MR) is 109 cm³/mol. The highest BCUT2D eigenvalue weighted by Gasteiger charge is 2.38. The van der Waals surface area contributed by atoms with Gasteiger partial charge in [0, 0.05) is 11.6 Å². The van der Waals surface area contributed by atoms with Crippen molar-refractivity contribution in [3.05, 3.63) is 46.9 Å². The molecule has 1 aromatic carbocycles. The minimum Gasteiger partial charge on any atom is -0.349 e. The van der Waals surface area contributed by atoms with Crippen LogP contribution in [0.25, 0.3) is 0 Å². The molecule has 0 radical (unpaired) electrons. The van der Waals surface area contributed by atoms with Gasteiger partial charge in [-0.1, -0.05) is 37.8 Å². The summed E-state index contributed by atoms with van der Waals surface area (Å²) in [5.41, 5.74) is 1.92. The van der Waals surface area contributed by atoms with Crippen LogP contribution >= 0.6 is 11.8 Å². The summed E-state index contributed by atoms with van der Waals surface area (Å²) < 4.78 is 0. The summed E-state index contributed by atoms with van der Waals surface area (Å²) in [6.45, 7) is 0.163. The van der Waals surface area contributed by atoms with E-state index in [-0.39, 0.29) is 24.4 Å². The minimum absolute atomic E-state index is 0.0637. The van der Waals surface area contributed by atoms with E-state index in [1.165, 1.54) is 42.3 Å². The molecule has 3 aliphatic rings. The van der Waals surface area contributed by atoms with Crippen LogP contribution in [0.2, 0.25) is 0 Å². The highest BCUT2D eigenvalue weighted by molar-refractivity contribution is 8.04. The fraction of sp³-hybridized carbons (Fsp3) is 0.429. The number of urea groups is 1. The van der Waals surface area contributed by atoms with Crippen molar-refractivity contribution in [3.63, 3.8) is 0 Å². The molecule has 4 rings (SSSR count). The highest BCUT2D eigenvalue weighted by Crippen LogP contribution is 2.28. The van der Waals surface area contributed by atoms with Gasteiger partial charge in [0.05, 0.1) is 12.3 Å². The summed E-state index contributed by atoms with van der Waals surface area (Å²) in [5, 5.41) is 4.51. The molecule has 1 atom stereocenters. The molecule has 0 saturated heterocycles. The monoisotopic (exact) mass is 397 g/mol. The molecule has 1 N–H and O–H groups in total. The molecule has 1 saturated carbocycles. The van der Waals surface area contributed by atoms with E-state index in [9.17, 15) is 14.4 Å². The smallest absolute Gasteiger partial charge is 0.349 e. The quantitative estimate of drug-likeness (QED) is 0.786. The largest absolute Gasteiger partial charge is 0.350 e. The molecule has 4 amide bonds. The number of fused-ring (bicyclic) bond motifs is 1. The fourth-order valence-electron chi connectivity index (χ4n) is 3.81. The van der Waals surface area contributed by atoms with Crippen LogP contribution in [-0.4, -0.2) is 39.7 Å². The van der Waals surface area contributed by atoms with Crippen LogP contribution in [-0.2, 0) is 11.3 Å². The lowest BCUT2D eigenvalue weighted by molar-refractivity contribution is -0.127. The van der Waals surface area contributed by atoms with E-state index in [4.69, 9.17) is 0 Å². The van der Waals surface area contributed by atoms with Gasteiger partial charge in [-0.15, -0.1) is 11.8 Å². The number of aliphatic imine (C=N–C) groups is 1. The van der Waals surface area contributed by atoms with Crippen LogP contribution < -0.4 is 5.32 Å². The zero-order chi connectivity index (χ0) is 19.5. The molecular formula is C21H23N3O3S. The molecule has 0 aromatic heterocycles. The number of nitrogens with zero attached hydrogens (tertiary/aromatic N) is 2. The summed E-state index contributed by atoms with van der Waals surface area (Å²) in [4.78, 5) is 42.4. The molecule has 1 unspecified atom stereocenters. The fourth-order valence-corrected chi connectivity index (χ4v) is 4.70. The Morgan fingerprint density at radius 3 is 2.54 bits per heavy atom. The number of hydrogen-bond donors (Lipinski definition) is 1. The molecule has 0 spiro atoms. The van der Waals surface area contributed by atoms with Gasteiger partial charge in [-0.2, -0.15) is 4.99 Å². The Balaban J connectivity index is 1.39. The van der Waals surface area contributed by atoms with Gasteiger partial charge in [0.15, 0.2) is 0 Å². The van der Waals surface area contributed by atoms with Gasteiger partial charge in [0.1, 0.15) is 5.25 Å². The van der Waals surface area contributed by atoms with Gasteiger partial charge in [-0.05, 0) is 42.0 Å². The van der Waals surface area contributed by atoms with E-state index in [1.807, 2.05) is 0 Å². The Bertz CT molecular complexity index is 839. The van der Waals surface area contributed by atoms with Crippen LogP contribution in [0.5, 0.6) is 0 Å². The molecule has 1 aromatic rings. The van der Waals surface area contributed by atoms with Crippen LogP contribution in [0, 0.1) is 0 Å². The first-order valence-corrected chi connectivity index (χ1v) is 10.7. The Labute approximate surface area is 168 Å². The van der Waals surface area contributed by atoms with Gasteiger partial charge in [-0.3, -0.25) is 14.5 Å². The summed E-state index contributed by atoms with van der Waals surface area (Å²) in [6, 6.07) is 6.81. The number of allylic oxidation sites excluding steroid dienone is 1. The summed E-state index contributed by atoms with van der Waals surface area (Å²) in [5.74, 6) is -0.300. The van der Waals surface area contributed by atoms with E-state index in [2.05, 4.69) is 10.3 Å². The first kappa shape index (κ1) is 18.9. The summed E-state index contributed by atoms with van der Waals surface area (Å²) in [7, 11) is 0. The van der Waals surface area contributed by atoms with Crippen LogP contribution in [0.3, 0.4) is 0 Å². The normalized spacial score (nSPS) is 22.6. The topological polar surface area (TPSA) is 78.8 Å². The van der Waals surface area contributed by atoms with Crippen LogP contribution in [0.15, 0.2) is 40.7 Å². The highest BCUT2D eigenvalue weighted by atomic mass is 32.2. The maximum absolute atomic E-state index is 12.5. The second-order valence-electron chi connectivity index (χ2n) is 7.42. The zero-order valence-electron chi connectivity index (χ0n) is 15.6. The number of carbonyl (C=O) groups is 3. The van der Waals surface area contributed by atoms with E-state index >= 15 is 0 Å². The van der Waals surface area contributed by atoms with Gasteiger partial charge in [0.25, 0.3) is 11.8 Å². The number of nitrogens with one attached hydrogen (secondary N) is 1. The number of carbonyl (C=O) groups excluding carboxylic acids is 3. The molecule has 1 aliphatic carbocycles. The predicted octanol–water partition coefficient (Wildman–Crippen LogP) is 3.67. The number of benzene rings is 1. The first-order chi connectivity index (χ1) is 13.6. The van der Waals surface area contributed by atoms with Crippen molar-refractivity contribution in [1.29, 1.82) is 0 Å². The van der Waals surface area contributed by atoms with Crippen molar-refractivity contribution in [1.82, 2.24) is 10.2 Å². The number of hydrogen-bond acceptors (Lipinski definition) is 4. The van der Waals surface area contributed by atoms with E-state index < -0.39 is 11.3 Å². The van der Waals surface area contributed by atoms with Crippen molar-refractivity contribution in [2.75, 3.05) is 0 Å². The maximum Gasteiger partial charge on any atom is 0.350 e. The lowest BCUT2D eigenvalue weighted by Crippen LogP contribution is -2.46. The van der Waals surface area contributed by atoms with Gasteiger partial charge < -0.3 is 5.32 Å². The molecule has 7 heteroatoms. The number of thioether (sulfide) groups is 1. The Hall–Kier alpha value is -2.41. The average molecular weight is 398 g/mol. The molecule has 0 bridgehead atoms. The minimum atomic E-state index is -0.529. The van der Waals surface area contributed by atoms with Gasteiger partial charge >= 0.3 is 6.03 Å². The van der Waals surface area contributed by atoms with Crippen LogP contribution in [0.4, 0.5) is 4.79 Å². The van der Waals surface area contributed by atoms with Crippen molar-refractivity contribution in [2.24, 2.45) is 4.99 Å². The van der Waals surface area contributed by atoms with Crippen molar-refractivity contribution in [2.45, 2.75) is 56.4 Å². The third kappa shape index (κ3) is 4.04. The second-order valence-corrected chi connectivity index (χ2v) is 8.44. The van der Waals surface area contributed by atoms with Crippen LogP contribution in [0.1, 0.15) is 54.4 Å². The summed E-state index contributed by atoms with van der Waals surface area (Å²) in [6.07, 6.45) is 8.62. The Morgan fingerprint density at radius 2 is 1.82 bits per heavy atom. The van der Waals surface area contributed by atoms with E-state index in [0.717, 1.165) is 18.4 Å². The second kappa shape index (κ2) is 8.31. The third-order valence-electron chi connectivity index (χ3n) is 5.42. The zero-order valence-corrected chi connectivity index (χ0v) is 16.4. The van der Waals surface area contributed by atoms with Gasteiger partial charge in [0.2, 0.25) is 0 Å². The van der Waals surface area contributed by atoms with E-state index in [0.29, 0.717) is 11.3 Å². The van der Waals surface area contributed by atoms with Crippen molar-refractivity contribution >= 4 is 35.3 Å². The molecule has 28 heavy (non-hydrogen) atoms. The Kier molecular flexibility index (Phi) is 5.62. The lowest BCUT2D eigenvalue weighted by atomic mass is 10.1. The van der Waals surface area contributed by atoms with E-state index in [1.54, 1.807) is 35.7 Å². The molecule has 146 valence electrons. The first-order valence-electron chi connectivity index (χ1n) is 9.77. The number of rotatable bonds is 4. The number of amides is 4. The molecular weight excluding hydrogens is 374 g/mol. The molecule has 2 heterocycles. The van der Waals surface area contributed by atoms with Gasteiger partial charge in [-0.25, -0.2) is 4.79 Å². The third-order valence-corrected chi connectivity index (χ3v) is 6.42. The van der Waals surface area contributed by atoms with Crippen molar-refractivity contribution in [3.8, 4) is 0 Å². The van der Waals surface area contributed by atoms with Crippen molar-refractivity contribution < 1.29 is 14.4 Å². The molecule has 6 nitrogen and oxygen atoms in total. The molecule has 2 aliphatic heterocycles. The summed E-state index contributed by atoms with van der Waals surface area (Å²) >= 11 is 1.37. The Morgan fingerprint density at radius 1 is 1.11 bits per heavy atom.